The smallest absolute Gasteiger partial charge is 0.250 e. The number of nitrogens with one attached hydrogen (secondary N) is 1. The fourth-order valence-corrected chi connectivity index (χ4v) is 1.52. The molecule has 6 heteroatoms. The minimum absolute atomic E-state index is 0.132. The van der Waals surface area contributed by atoms with Gasteiger partial charge in [0.25, 0.3) is 5.56 Å². The van der Waals surface area contributed by atoms with Crippen LogP contribution in [-0.2, 0) is 11.3 Å². The van der Waals surface area contributed by atoms with E-state index in [2.05, 4.69) is 5.32 Å². The number of amides is 1. The molecule has 0 unspecified atom stereocenters. The number of hydrogen-bond donors (Lipinski definition) is 1. The maximum Gasteiger partial charge on any atom is 0.250 e. The van der Waals surface area contributed by atoms with Crippen molar-refractivity contribution in [2.24, 2.45) is 0 Å². The van der Waals surface area contributed by atoms with Crippen LogP contribution in [0.3, 0.4) is 0 Å². The van der Waals surface area contributed by atoms with Crippen molar-refractivity contribution in [2.75, 3.05) is 5.32 Å². The van der Waals surface area contributed by atoms with Gasteiger partial charge in [0.2, 0.25) is 5.91 Å². The van der Waals surface area contributed by atoms with E-state index in [1.54, 1.807) is 12.1 Å². The minimum Gasteiger partial charge on any atom is -0.324 e. The van der Waals surface area contributed by atoms with Crippen molar-refractivity contribution in [2.45, 2.75) is 6.54 Å². The van der Waals surface area contributed by atoms with Crippen molar-refractivity contribution >= 4 is 11.6 Å². The molecule has 2 aromatic rings. The van der Waals surface area contributed by atoms with Gasteiger partial charge < -0.3 is 9.88 Å². The van der Waals surface area contributed by atoms with Gasteiger partial charge in [-0.2, -0.15) is 0 Å². The van der Waals surface area contributed by atoms with E-state index in [1.807, 2.05) is 0 Å². The summed E-state index contributed by atoms with van der Waals surface area (Å²) in [6, 6.07) is 7.54. The van der Waals surface area contributed by atoms with Crippen molar-refractivity contribution < 1.29 is 13.6 Å². The van der Waals surface area contributed by atoms with Gasteiger partial charge in [-0.25, -0.2) is 8.78 Å². The van der Waals surface area contributed by atoms with Crippen LogP contribution in [0.1, 0.15) is 0 Å². The predicted octanol–water partition coefficient (Wildman–Crippen LogP) is 1.77. The van der Waals surface area contributed by atoms with Crippen molar-refractivity contribution in [3.8, 4) is 0 Å². The zero-order valence-electron chi connectivity index (χ0n) is 9.77. The summed E-state index contributed by atoms with van der Waals surface area (Å²) in [5.41, 5.74) is -0.184. The van der Waals surface area contributed by atoms with Crippen molar-refractivity contribution in [1.82, 2.24) is 4.57 Å². The molecule has 1 aromatic carbocycles. The van der Waals surface area contributed by atoms with E-state index in [-0.39, 0.29) is 17.8 Å². The number of nitrogens with zero attached hydrogens (tertiary/aromatic N) is 1. The molecule has 0 aliphatic carbocycles. The fourth-order valence-electron chi connectivity index (χ4n) is 1.52. The Morgan fingerprint density at radius 2 is 1.95 bits per heavy atom. The molecule has 0 aliphatic rings. The zero-order valence-corrected chi connectivity index (χ0v) is 9.77. The largest absolute Gasteiger partial charge is 0.324 e. The van der Waals surface area contributed by atoms with Crippen LogP contribution in [0.15, 0.2) is 47.4 Å². The number of carbonyl (C=O) groups is 1. The third kappa shape index (κ3) is 3.25. The molecule has 0 saturated carbocycles. The highest BCUT2D eigenvalue weighted by Crippen LogP contribution is 2.12. The molecular weight excluding hydrogens is 254 g/mol. The number of aromatic nitrogens is 1. The number of benzene rings is 1. The van der Waals surface area contributed by atoms with Crippen molar-refractivity contribution in [1.29, 1.82) is 0 Å². The Balaban J connectivity index is 2.08. The molecule has 0 atom stereocenters. The Morgan fingerprint density at radius 1 is 1.16 bits per heavy atom. The van der Waals surface area contributed by atoms with E-state index in [4.69, 9.17) is 0 Å². The summed E-state index contributed by atoms with van der Waals surface area (Å²) in [7, 11) is 0. The molecule has 0 saturated heterocycles. The monoisotopic (exact) mass is 264 g/mol. The molecule has 0 spiro atoms. The van der Waals surface area contributed by atoms with Crippen LogP contribution >= 0.6 is 0 Å². The van der Waals surface area contributed by atoms with Crippen LogP contribution in [0.5, 0.6) is 0 Å². The van der Waals surface area contributed by atoms with Crippen LogP contribution < -0.4 is 10.9 Å². The van der Waals surface area contributed by atoms with Gasteiger partial charge in [-0.15, -0.1) is 0 Å². The fraction of sp³-hybridized carbons (Fsp3) is 0.0769. The normalized spacial score (nSPS) is 10.2. The third-order valence-corrected chi connectivity index (χ3v) is 2.42. The summed E-state index contributed by atoms with van der Waals surface area (Å²) in [6.07, 6.45) is 1.47. The Bertz CT molecular complexity index is 668. The maximum absolute atomic E-state index is 12.9. The molecule has 1 aromatic heterocycles. The molecule has 1 N–H and O–H groups in total. The number of anilines is 1. The highest BCUT2D eigenvalue weighted by Gasteiger charge is 2.07. The number of hydrogen-bond acceptors (Lipinski definition) is 2. The second kappa shape index (κ2) is 5.43. The third-order valence-electron chi connectivity index (χ3n) is 2.42. The molecule has 0 radical (unpaired) electrons. The summed E-state index contributed by atoms with van der Waals surface area (Å²) >= 11 is 0. The van der Waals surface area contributed by atoms with E-state index in [9.17, 15) is 18.4 Å². The van der Waals surface area contributed by atoms with Crippen LogP contribution in [0.2, 0.25) is 0 Å². The molecule has 0 bridgehead atoms. The first kappa shape index (κ1) is 12.9. The number of pyridine rings is 1. The molecule has 2 rings (SSSR count). The van der Waals surface area contributed by atoms with Crippen LogP contribution in [0.25, 0.3) is 0 Å². The SMILES string of the molecule is O=C(Cn1ccccc1=O)Nc1ccc(F)c(F)c1. The topological polar surface area (TPSA) is 51.1 Å². The second-order valence-corrected chi connectivity index (χ2v) is 3.84. The lowest BCUT2D eigenvalue weighted by atomic mass is 10.3. The molecule has 19 heavy (non-hydrogen) atoms. The van der Waals surface area contributed by atoms with E-state index >= 15 is 0 Å². The highest BCUT2D eigenvalue weighted by molar-refractivity contribution is 5.90. The molecule has 98 valence electrons. The summed E-state index contributed by atoms with van der Waals surface area (Å²) in [4.78, 5) is 23.0. The van der Waals surface area contributed by atoms with Crippen LogP contribution in [-0.4, -0.2) is 10.5 Å². The summed E-state index contributed by atoms with van der Waals surface area (Å²) in [5.74, 6) is -2.54. The first-order chi connectivity index (χ1) is 9.06. The van der Waals surface area contributed by atoms with Crippen molar-refractivity contribution in [3.05, 3.63) is 64.6 Å². The molecular formula is C13H10F2N2O2. The molecule has 4 nitrogen and oxygen atoms in total. The Kier molecular flexibility index (Phi) is 3.70. The van der Waals surface area contributed by atoms with Crippen LogP contribution in [0.4, 0.5) is 14.5 Å². The van der Waals surface area contributed by atoms with Gasteiger partial charge >= 0.3 is 0 Å². The van der Waals surface area contributed by atoms with E-state index in [1.165, 1.54) is 22.9 Å². The summed E-state index contributed by atoms with van der Waals surface area (Å²) < 4.78 is 26.8. The Hall–Kier alpha value is -2.50. The first-order valence-electron chi connectivity index (χ1n) is 5.46. The maximum atomic E-state index is 12.9. The average molecular weight is 264 g/mol. The van der Waals surface area contributed by atoms with Gasteiger partial charge in [-0.05, 0) is 18.2 Å². The summed E-state index contributed by atoms with van der Waals surface area (Å²) in [5, 5.41) is 2.38. The lowest BCUT2D eigenvalue weighted by molar-refractivity contribution is -0.116. The van der Waals surface area contributed by atoms with Gasteiger partial charge in [0.1, 0.15) is 6.54 Å². The molecule has 1 amide bonds. The first-order valence-corrected chi connectivity index (χ1v) is 5.46. The lowest BCUT2D eigenvalue weighted by Crippen LogP contribution is -2.26. The number of halogens is 2. The van der Waals surface area contributed by atoms with Crippen molar-refractivity contribution in [3.63, 3.8) is 0 Å². The second-order valence-electron chi connectivity index (χ2n) is 3.84. The van der Waals surface area contributed by atoms with Gasteiger partial charge in [0, 0.05) is 24.0 Å². The lowest BCUT2D eigenvalue weighted by Gasteiger charge is -2.07. The molecule has 0 aliphatic heterocycles. The number of carbonyl (C=O) groups excluding carboxylic acids is 1. The van der Waals surface area contributed by atoms with Gasteiger partial charge in [-0.1, -0.05) is 6.07 Å². The molecule has 1 heterocycles. The minimum atomic E-state index is -1.05. The quantitative estimate of drug-likeness (QED) is 0.918. The Morgan fingerprint density at radius 3 is 2.63 bits per heavy atom. The summed E-state index contributed by atoms with van der Waals surface area (Å²) in [6.45, 7) is -0.196. The van der Waals surface area contributed by atoms with E-state index in [0.717, 1.165) is 12.1 Å². The zero-order chi connectivity index (χ0) is 13.8. The van der Waals surface area contributed by atoms with Crippen LogP contribution in [0, 0.1) is 11.6 Å². The number of rotatable bonds is 3. The van der Waals surface area contributed by atoms with Gasteiger partial charge in [0.05, 0.1) is 0 Å². The average Bonchev–Trinajstić information content (AvgIpc) is 2.37. The highest BCUT2D eigenvalue weighted by atomic mass is 19.2. The van der Waals surface area contributed by atoms with Gasteiger partial charge in [-0.3, -0.25) is 9.59 Å². The molecule has 0 fully saturated rings. The van der Waals surface area contributed by atoms with E-state index < -0.39 is 17.5 Å². The van der Waals surface area contributed by atoms with Gasteiger partial charge in [0.15, 0.2) is 11.6 Å². The Labute approximate surface area is 107 Å². The predicted molar refractivity (Wildman–Crippen MR) is 65.7 cm³/mol. The standard InChI is InChI=1S/C13H10F2N2O2/c14-10-5-4-9(7-11(10)15)16-12(18)8-17-6-2-1-3-13(17)19/h1-7H,8H2,(H,16,18). The van der Waals surface area contributed by atoms with E-state index in [0.29, 0.717) is 0 Å².